The second-order valence-electron chi connectivity index (χ2n) is 4.82. The summed E-state index contributed by atoms with van der Waals surface area (Å²) < 4.78 is 7.75. The summed E-state index contributed by atoms with van der Waals surface area (Å²) in [4.78, 5) is 0. The second kappa shape index (κ2) is 5.11. The molecule has 1 fully saturated rings. The molecule has 5 nitrogen and oxygen atoms in total. The maximum Gasteiger partial charge on any atom is 0.166 e. The number of aromatic nitrogens is 3. The molecule has 0 saturated carbocycles. The van der Waals surface area contributed by atoms with Crippen LogP contribution in [0.2, 0.25) is 0 Å². The molecule has 0 aliphatic carbocycles. The van der Waals surface area contributed by atoms with Crippen LogP contribution in [0.5, 0.6) is 0 Å². The summed E-state index contributed by atoms with van der Waals surface area (Å²) in [6.07, 6.45) is 2.18. The van der Waals surface area contributed by atoms with Crippen LogP contribution in [0, 0.1) is 0 Å². The zero-order chi connectivity index (χ0) is 13.2. The van der Waals surface area contributed by atoms with Gasteiger partial charge in [0.05, 0.1) is 6.10 Å². The average Bonchev–Trinajstić information content (AvgIpc) is 3.05. The van der Waals surface area contributed by atoms with Crippen molar-refractivity contribution in [2.45, 2.75) is 38.6 Å². The van der Waals surface area contributed by atoms with E-state index >= 15 is 0 Å². The molecule has 1 aromatic carbocycles. The van der Waals surface area contributed by atoms with E-state index in [1.807, 2.05) is 34.9 Å². The quantitative estimate of drug-likeness (QED) is 0.915. The Morgan fingerprint density at radius 1 is 1.26 bits per heavy atom. The molecule has 1 aliphatic rings. The molecule has 1 saturated heterocycles. The first-order chi connectivity index (χ1) is 9.29. The molecule has 2 aromatic rings. The molecule has 1 aliphatic heterocycles. The Bertz CT molecular complexity index is 553. The van der Waals surface area contributed by atoms with Crippen molar-refractivity contribution in [3.05, 3.63) is 42.0 Å². The molecule has 1 N–H and O–H groups in total. The fraction of sp³-hybridized carbons (Fsp3) is 0.429. The van der Waals surface area contributed by atoms with Crippen LogP contribution in [0.15, 0.2) is 30.3 Å². The molecule has 19 heavy (non-hydrogen) atoms. The third kappa shape index (κ3) is 2.27. The normalized spacial score (nSPS) is 22.8. The molecule has 0 radical (unpaired) electrons. The van der Waals surface area contributed by atoms with Gasteiger partial charge in [-0.05, 0) is 31.9 Å². The minimum Gasteiger partial charge on any atom is -0.388 e. The zero-order valence-corrected chi connectivity index (χ0v) is 10.9. The SMILES string of the molecule is CC1CCC(c2nnc(CO)n2-c2ccccc2)O1. The van der Waals surface area contributed by atoms with Gasteiger partial charge in [0, 0.05) is 5.69 Å². The van der Waals surface area contributed by atoms with Crippen LogP contribution < -0.4 is 0 Å². The fourth-order valence-corrected chi connectivity index (χ4v) is 2.49. The van der Waals surface area contributed by atoms with Gasteiger partial charge in [-0.3, -0.25) is 4.57 Å². The predicted octanol–water partition coefficient (Wildman–Crippen LogP) is 2.00. The summed E-state index contributed by atoms with van der Waals surface area (Å²) in [5.74, 6) is 1.32. The number of aliphatic hydroxyl groups is 1. The predicted molar refractivity (Wildman–Crippen MR) is 69.8 cm³/mol. The van der Waals surface area contributed by atoms with Gasteiger partial charge in [0.1, 0.15) is 12.7 Å². The number of aliphatic hydroxyl groups excluding tert-OH is 1. The first-order valence-corrected chi connectivity index (χ1v) is 6.55. The number of para-hydroxylation sites is 1. The van der Waals surface area contributed by atoms with E-state index in [2.05, 4.69) is 17.1 Å². The van der Waals surface area contributed by atoms with Crippen LogP contribution in [-0.4, -0.2) is 26.0 Å². The number of hydrogen-bond donors (Lipinski definition) is 1. The van der Waals surface area contributed by atoms with Crippen molar-refractivity contribution < 1.29 is 9.84 Å². The fourth-order valence-electron chi connectivity index (χ4n) is 2.49. The molecule has 3 rings (SSSR count). The smallest absolute Gasteiger partial charge is 0.166 e. The Morgan fingerprint density at radius 2 is 2.05 bits per heavy atom. The summed E-state index contributed by atoms with van der Waals surface area (Å²) in [5, 5.41) is 17.7. The highest BCUT2D eigenvalue weighted by molar-refractivity contribution is 5.34. The molecule has 2 atom stereocenters. The van der Waals surface area contributed by atoms with E-state index in [4.69, 9.17) is 4.74 Å². The van der Waals surface area contributed by atoms with Crippen LogP contribution in [0.4, 0.5) is 0 Å². The molecule has 2 heterocycles. The van der Waals surface area contributed by atoms with E-state index in [0.29, 0.717) is 5.82 Å². The van der Waals surface area contributed by atoms with Crippen molar-refractivity contribution in [1.82, 2.24) is 14.8 Å². The summed E-state index contributed by atoms with van der Waals surface area (Å²) in [6, 6.07) is 9.83. The van der Waals surface area contributed by atoms with Crippen LogP contribution in [0.25, 0.3) is 5.69 Å². The maximum absolute atomic E-state index is 9.42. The summed E-state index contributed by atoms with van der Waals surface area (Å²) in [6.45, 7) is 1.93. The van der Waals surface area contributed by atoms with Gasteiger partial charge >= 0.3 is 0 Å². The van der Waals surface area contributed by atoms with Gasteiger partial charge in [-0.1, -0.05) is 18.2 Å². The van der Waals surface area contributed by atoms with Crippen molar-refractivity contribution >= 4 is 0 Å². The van der Waals surface area contributed by atoms with E-state index in [0.717, 1.165) is 24.4 Å². The number of hydrogen-bond acceptors (Lipinski definition) is 4. The van der Waals surface area contributed by atoms with E-state index < -0.39 is 0 Å². The molecule has 0 bridgehead atoms. The minimum absolute atomic E-state index is 0.0389. The van der Waals surface area contributed by atoms with Crippen LogP contribution >= 0.6 is 0 Å². The Kier molecular flexibility index (Phi) is 3.31. The zero-order valence-electron chi connectivity index (χ0n) is 10.9. The highest BCUT2D eigenvalue weighted by Crippen LogP contribution is 2.32. The van der Waals surface area contributed by atoms with Gasteiger partial charge in [-0.25, -0.2) is 0 Å². The summed E-state index contributed by atoms with van der Waals surface area (Å²) in [5.41, 5.74) is 0.953. The molecule has 5 heteroatoms. The second-order valence-corrected chi connectivity index (χ2v) is 4.82. The van der Waals surface area contributed by atoms with Crippen LogP contribution in [-0.2, 0) is 11.3 Å². The maximum atomic E-state index is 9.42. The largest absolute Gasteiger partial charge is 0.388 e. The third-order valence-corrected chi connectivity index (χ3v) is 3.43. The van der Waals surface area contributed by atoms with Gasteiger partial charge in [-0.2, -0.15) is 0 Å². The van der Waals surface area contributed by atoms with Crippen molar-refractivity contribution in [3.63, 3.8) is 0 Å². The standard InChI is InChI=1S/C14H17N3O2/c1-10-7-8-12(19-10)14-16-15-13(9-18)17(14)11-5-3-2-4-6-11/h2-6,10,12,18H,7-9H2,1H3. The average molecular weight is 259 g/mol. The number of benzene rings is 1. The summed E-state index contributed by atoms with van der Waals surface area (Å²) in [7, 11) is 0. The highest BCUT2D eigenvalue weighted by Gasteiger charge is 2.29. The van der Waals surface area contributed by atoms with E-state index in [9.17, 15) is 5.11 Å². The van der Waals surface area contributed by atoms with E-state index in [-0.39, 0.29) is 18.8 Å². The Morgan fingerprint density at radius 3 is 2.68 bits per heavy atom. The Balaban J connectivity index is 2.04. The Labute approximate surface area is 111 Å². The summed E-state index contributed by atoms with van der Waals surface area (Å²) >= 11 is 0. The molecular formula is C14H17N3O2. The van der Waals surface area contributed by atoms with Crippen LogP contribution in [0.3, 0.4) is 0 Å². The van der Waals surface area contributed by atoms with Gasteiger partial charge in [0.2, 0.25) is 0 Å². The minimum atomic E-state index is -0.135. The van der Waals surface area contributed by atoms with E-state index in [1.54, 1.807) is 0 Å². The Hall–Kier alpha value is -1.72. The molecular weight excluding hydrogens is 242 g/mol. The van der Waals surface area contributed by atoms with Gasteiger partial charge in [-0.15, -0.1) is 10.2 Å². The number of ether oxygens (including phenoxy) is 1. The molecule has 0 spiro atoms. The lowest BCUT2D eigenvalue weighted by Crippen LogP contribution is -2.10. The number of nitrogens with zero attached hydrogens (tertiary/aromatic N) is 3. The van der Waals surface area contributed by atoms with Crippen molar-refractivity contribution in [2.75, 3.05) is 0 Å². The molecule has 2 unspecified atom stereocenters. The highest BCUT2D eigenvalue weighted by atomic mass is 16.5. The van der Waals surface area contributed by atoms with Gasteiger partial charge < -0.3 is 9.84 Å². The van der Waals surface area contributed by atoms with Crippen LogP contribution in [0.1, 0.15) is 37.5 Å². The monoisotopic (exact) mass is 259 g/mol. The van der Waals surface area contributed by atoms with Gasteiger partial charge in [0.15, 0.2) is 11.6 Å². The third-order valence-electron chi connectivity index (χ3n) is 3.43. The lowest BCUT2D eigenvalue weighted by Gasteiger charge is -2.14. The molecule has 1 aromatic heterocycles. The lowest BCUT2D eigenvalue weighted by molar-refractivity contribution is 0.0491. The first kappa shape index (κ1) is 12.3. The topological polar surface area (TPSA) is 60.2 Å². The lowest BCUT2D eigenvalue weighted by atomic mass is 10.2. The van der Waals surface area contributed by atoms with Crippen molar-refractivity contribution in [3.8, 4) is 5.69 Å². The molecule has 100 valence electrons. The van der Waals surface area contributed by atoms with Gasteiger partial charge in [0.25, 0.3) is 0 Å². The van der Waals surface area contributed by atoms with Crippen molar-refractivity contribution in [2.24, 2.45) is 0 Å². The van der Waals surface area contributed by atoms with Crippen molar-refractivity contribution in [1.29, 1.82) is 0 Å². The molecule has 0 amide bonds. The van der Waals surface area contributed by atoms with E-state index in [1.165, 1.54) is 0 Å². The first-order valence-electron chi connectivity index (χ1n) is 6.55. The number of rotatable bonds is 3.